The maximum atomic E-state index is 10.1. The Kier molecular flexibility index (Phi) is 5.45. The summed E-state index contributed by atoms with van der Waals surface area (Å²) in [5, 5.41) is 10.1. The van der Waals surface area contributed by atoms with Crippen molar-refractivity contribution in [3.63, 3.8) is 0 Å². The molecule has 0 radical (unpaired) electrons. The minimum atomic E-state index is -0.630. The second-order valence-corrected chi connectivity index (χ2v) is 4.98. The number of hydrogen-bond acceptors (Lipinski definition) is 3. The molecule has 3 nitrogen and oxygen atoms in total. The van der Waals surface area contributed by atoms with Crippen molar-refractivity contribution in [1.29, 1.82) is 0 Å². The SMILES string of the molecule is COc1cccc(C2CCC(O)(CN)CC2)c1.Cl. The Morgan fingerprint density at radius 3 is 2.61 bits per heavy atom. The topological polar surface area (TPSA) is 55.5 Å². The van der Waals surface area contributed by atoms with Crippen molar-refractivity contribution < 1.29 is 9.84 Å². The van der Waals surface area contributed by atoms with Crippen molar-refractivity contribution in [3.8, 4) is 5.75 Å². The van der Waals surface area contributed by atoms with Crippen molar-refractivity contribution in [1.82, 2.24) is 0 Å². The summed E-state index contributed by atoms with van der Waals surface area (Å²) in [7, 11) is 1.69. The molecule has 4 heteroatoms. The lowest BCUT2D eigenvalue weighted by atomic mass is 9.76. The van der Waals surface area contributed by atoms with E-state index < -0.39 is 5.60 Å². The first kappa shape index (κ1) is 15.3. The fraction of sp³-hybridized carbons (Fsp3) is 0.571. The van der Waals surface area contributed by atoms with Crippen molar-refractivity contribution in [3.05, 3.63) is 29.8 Å². The Balaban J connectivity index is 0.00000162. The summed E-state index contributed by atoms with van der Waals surface area (Å²) in [6, 6.07) is 8.22. The van der Waals surface area contributed by atoms with E-state index in [9.17, 15) is 5.11 Å². The van der Waals surface area contributed by atoms with Gasteiger partial charge in [0.15, 0.2) is 0 Å². The van der Waals surface area contributed by atoms with E-state index in [0.29, 0.717) is 12.5 Å². The van der Waals surface area contributed by atoms with Crippen molar-refractivity contribution >= 4 is 12.4 Å². The van der Waals surface area contributed by atoms with Crippen molar-refractivity contribution in [2.75, 3.05) is 13.7 Å². The fourth-order valence-corrected chi connectivity index (χ4v) is 2.59. The number of methoxy groups -OCH3 is 1. The van der Waals surface area contributed by atoms with Crippen LogP contribution in [0.2, 0.25) is 0 Å². The Hall–Kier alpha value is -0.770. The molecular weight excluding hydrogens is 250 g/mol. The van der Waals surface area contributed by atoms with Gasteiger partial charge in [0.1, 0.15) is 5.75 Å². The van der Waals surface area contributed by atoms with Crippen molar-refractivity contribution in [2.24, 2.45) is 5.73 Å². The number of benzene rings is 1. The van der Waals surface area contributed by atoms with Gasteiger partial charge in [-0.15, -0.1) is 12.4 Å². The normalized spacial score (nSPS) is 27.4. The molecule has 102 valence electrons. The van der Waals surface area contributed by atoms with E-state index in [0.717, 1.165) is 31.4 Å². The minimum absolute atomic E-state index is 0. The zero-order valence-corrected chi connectivity index (χ0v) is 11.6. The summed E-state index contributed by atoms with van der Waals surface area (Å²) in [4.78, 5) is 0. The molecule has 0 aliphatic heterocycles. The van der Waals surface area contributed by atoms with Gasteiger partial charge in [0.25, 0.3) is 0 Å². The monoisotopic (exact) mass is 271 g/mol. The van der Waals surface area contributed by atoms with Gasteiger partial charge in [-0.2, -0.15) is 0 Å². The predicted molar refractivity (Wildman–Crippen MR) is 75.5 cm³/mol. The summed E-state index contributed by atoms with van der Waals surface area (Å²) in [5.41, 5.74) is 6.28. The fourth-order valence-electron chi connectivity index (χ4n) is 2.59. The summed E-state index contributed by atoms with van der Waals surface area (Å²) in [5.74, 6) is 1.43. The molecule has 18 heavy (non-hydrogen) atoms. The van der Waals surface area contributed by atoms with Gasteiger partial charge in [0.05, 0.1) is 12.7 Å². The largest absolute Gasteiger partial charge is 0.497 e. The quantitative estimate of drug-likeness (QED) is 0.888. The van der Waals surface area contributed by atoms with E-state index in [4.69, 9.17) is 10.5 Å². The highest BCUT2D eigenvalue weighted by Gasteiger charge is 2.32. The van der Waals surface area contributed by atoms with Crippen LogP contribution in [0.4, 0.5) is 0 Å². The van der Waals surface area contributed by atoms with Gasteiger partial charge in [-0.05, 0) is 49.3 Å². The third-order valence-electron chi connectivity index (χ3n) is 3.86. The number of nitrogens with two attached hydrogens (primary N) is 1. The lowest BCUT2D eigenvalue weighted by Crippen LogP contribution is -2.40. The third-order valence-corrected chi connectivity index (χ3v) is 3.86. The Morgan fingerprint density at radius 1 is 1.39 bits per heavy atom. The second kappa shape index (κ2) is 6.41. The van der Waals surface area contributed by atoms with Crippen LogP contribution in [0.3, 0.4) is 0 Å². The van der Waals surface area contributed by atoms with Crippen LogP contribution < -0.4 is 10.5 Å². The van der Waals surface area contributed by atoms with Gasteiger partial charge >= 0.3 is 0 Å². The first-order chi connectivity index (χ1) is 8.17. The molecule has 0 saturated heterocycles. The average molecular weight is 272 g/mol. The van der Waals surface area contributed by atoms with E-state index in [-0.39, 0.29) is 12.4 Å². The Bertz CT molecular complexity index is 376. The summed E-state index contributed by atoms with van der Waals surface area (Å²) in [6.07, 6.45) is 3.60. The van der Waals surface area contributed by atoms with E-state index in [2.05, 4.69) is 12.1 Å². The van der Waals surface area contributed by atoms with Crippen LogP contribution in [-0.4, -0.2) is 24.4 Å². The molecule has 0 aromatic heterocycles. The summed E-state index contributed by atoms with van der Waals surface area (Å²) >= 11 is 0. The van der Waals surface area contributed by atoms with E-state index in [1.54, 1.807) is 7.11 Å². The number of halogens is 1. The van der Waals surface area contributed by atoms with Crippen LogP contribution in [0, 0.1) is 0 Å². The number of hydrogen-bond donors (Lipinski definition) is 2. The molecule has 0 spiro atoms. The van der Waals surface area contributed by atoms with E-state index in [1.165, 1.54) is 5.56 Å². The van der Waals surface area contributed by atoms with Crippen molar-refractivity contribution in [2.45, 2.75) is 37.2 Å². The highest BCUT2D eigenvalue weighted by atomic mass is 35.5. The molecule has 0 heterocycles. The zero-order valence-electron chi connectivity index (χ0n) is 10.8. The van der Waals surface area contributed by atoms with Gasteiger partial charge in [-0.3, -0.25) is 0 Å². The molecule has 0 bridgehead atoms. The van der Waals surface area contributed by atoms with Gasteiger partial charge in [-0.1, -0.05) is 12.1 Å². The molecule has 1 aliphatic carbocycles. The van der Waals surface area contributed by atoms with Gasteiger partial charge in [0.2, 0.25) is 0 Å². The first-order valence-corrected chi connectivity index (χ1v) is 6.23. The van der Waals surface area contributed by atoms with Crippen LogP contribution in [0.25, 0.3) is 0 Å². The zero-order chi connectivity index (χ0) is 12.3. The predicted octanol–water partition coefficient (Wildman–Crippen LogP) is 2.46. The molecule has 0 atom stereocenters. The third kappa shape index (κ3) is 3.37. The minimum Gasteiger partial charge on any atom is -0.497 e. The highest BCUT2D eigenvalue weighted by Crippen LogP contribution is 2.38. The molecule has 1 fully saturated rings. The first-order valence-electron chi connectivity index (χ1n) is 6.23. The number of ether oxygens (including phenoxy) is 1. The molecule has 3 N–H and O–H groups in total. The molecule has 1 aliphatic rings. The molecular formula is C14H22ClNO2. The smallest absolute Gasteiger partial charge is 0.119 e. The van der Waals surface area contributed by atoms with Crippen LogP contribution >= 0.6 is 12.4 Å². The lowest BCUT2D eigenvalue weighted by molar-refractivity contribution is 0.00766. The van der Waals surface area contributed by atoms with Crippen LogP contribution in [-0.2, 0) is 0 Å². The number of aliphatic hydroxyl groups is 1. The second-order valence-electron chi connectivity index (χ2n) is 4.98. The average Bonchev–Trinajstić information content (AvgIpc) is 2.40. The highest BCUT2D eigenvalue weighted by molar-refractivity contribution is 5.85. The molecule has 1 saturated carbocycles. The molecule has 1 aromatic carbocycles. The maximum Gasteiger partial charge on any atom is 0.119 e. The maximum absolute atomic E-state index is 10.1. The van der Waals surface area contributed by atoms with Gasteiger partial charge in [0, 0.05) is 6.54 Å². The standard InChI is InChI=1S/C14H21NO2.ClH/c1-17-13-4-2-3-12(9-13)11-5-7-14(16,10-15)8-6-11;/h2-4,9,11,16H,5-8,10,15H2,1H3;1H. The summed E-state index contributed by atoms with van der Waals surface area (Å²) in [6.45, 7) is 0.373. The molecule has 0 unspecified atom stereocenters. The summed E-state index contributed by atoms with van der Waals surface area (Å²) < 4.78 is 5.24. The Labute approximate surface area is 115 Å². The van der Waals surface area contributed by atoms with Crippen LogP contribution in [0.1, 0.15) is 37.2 Å². The lowest BCUT2D eigenvalue weighted by Gasteiger charge is -2.35. The molecule has 1 aromatic rings. The number of rotatable bonds is 3. The Morgan fingerprint density at radius 2 is 2.06 bits per heavy atom. The van der Waals surface area contributed by atoms with E-state index >= 15 is 0 Å². The molecule has 2 rings (SSSR count). The molecule has 0 amide bonds. The van der Waals surface area contributed by atoms with E-state index in [1.807, 2.05) is 12.1 Å². The van der Waals surface area contributed by atoms with Gasteiger partial charge < -0.3 is 15.6 Å². The van der Waals surface area contributed by atoms with Crippen LogP contribution in [0.15, 0.2) is 24.3 Å². The van der Waals surface area contributed by atoms with Crippen LogP contribution in [0.5, 0.6) is 5.75 Å². The van der Waals surface area contributed by atoms with Gasteiger partial charge in [-0.25, -0.2) is 0 Å².